The Balaban J connectivity index is 2.64. The van der Waals surface area contributed by atoms with Gasteiger partial charge in [0.05, 0.1) is 18.8 Å². The molecule has 0 amide bonds. The average Bonchev–Trinajstić information content (AvgIpc) is 2.44. The minimum Gasteiger partial charge on any atom is -0.379 e. The maximum Gasteiger partial charge on any atom is 0.123 e. The average molecular weight is 283 g/mol. The highest BCUT2D eigenvalue weighted by atomic mass is 19.1. The van der Waals surface area contributed by atoms with Gasteiger partial charge < -0.3 is 14.8 Å². The largest absolute Gasteiger partial charge is 0.379 e. The number of nitrogens with one attached hydrogen (secondary N) is 1. The van der Waals surface area contributed by atoms with Gasteiger partial charge in [-0.2, -0.15) is 0 Å². The molecular formula is C16H26FNO2. The van der Waals surface area contributed by atoms with Crippen molar-refractivity contribution in [2.45, 2.75) is 39.4 Å². The molecule has 0 spiro atoms. The molecule has 1 rings (SSSR count). The molecule has 1 aromatic carbocycles. The summed E-state index contributed by atoms with van der Waals surface area (Å²) in [7, 11) is 0. The first-order chi connectivity index (χ1) is 9.67. The number of benzene rings is 1. The van der Waals surface area contributed by atoms with Crippen LogP contribution in [0, 0.1) is 5.82 Å². The van der Waals surface area contributed by atoms with Crippen LogP contribution < -0.4 is 5.32 Å². The molecule has 1 aromatic rings. The summed E-state index contributed by atoms with van der Waals surface area (Å²) in [5, 5.41) is 3.33. The van der Waals surface area contributed by atoms with E-state index in [-0.39, 0.29) is 18.0 Å². The van der Waals surface area contributed by atoms with Gasteiger partial charge in [-0.1, -0.05) is 19.1 Å². The molecule has 4 heteroatoms. The van der Waals surface area contributed by atoms with E-state index >= 15 is 0 Å². The summed E-state index contributed by atoms with van der Waals surface area (Å²) in [5.74, 6) is -0.232. The minimum absolute atomic E-state index is 0.0216. The Morgan fingerprint density at radius 2 is 2.10 bits per heavy atom. The van der Waals surface area contributed by atoms with Gasteiger partial charge in [-0.3, -0.25) is 0 Å². The van der Waals surface area contributed by atoms with Gasteiger partial charge >= 0.3 is 0 Å². The van der Waals surface area contributed by atoms with Crippen molar-refractivity contribution in [2.24, 2.45) is 0 Å². The zero-order valence-corrected chi connectivity index (χ0v) is 12.7. The zero-order chi connectivity index (χ0) is 14.8. The highest BCUT2D eigenvalue weighted by molar-refractivity contribution is 5.19. The molecule has 0 bridgehead atoms. The number of ether oxygens (including phenoxy) is 2. The Labute approximate surface area is 121 Å². The van der Waals surface area contributed by atoms with E-state index in [4.69, 9.17) is 9.47 Å². The first-order valence-electron chi connectivity index (χ1n) is 7.36. The van der Waals surface area contributed by atoms with Gasteiger partial charge in [0.25, 0.3) is 0 Å². The Bertz CT molecular complexity index is 373. The van der Waals surface area contributed by atoms with Gasteiger partial charge in [0.1, 0.15) is 5.82 Å². The normalized spacial score (nSPS) is 14.2. The lowest BCUT2D eigenvalue weighted by Gasteiger charge is -2.23. The molecule has 0 aliphatic carbocycles. The van der Waals surface area contributed by atoms with Crippen molar-refractivity contribution < 1.29 is 13.9 Å². The SMILES string of the molecule is CCCNCC(OC(C)COCC)c1cccc(F)c1. The fourth-order valence-corrected chi connectivity index (χ4v) is 1.96. The molecule has 0 radical (unpaired) electrons. The smallest absolute Gasteiger partial charge is 0.123 e. The van der Waals surface area contributed by atoms with Gasteiger partial charge in [0, 0.05) is 13.2 Å². The molecule has 20 heavy (non-hydrogen) atoms. The van der Waals surface area contributed by atoms with Crippen molar-refractivity contribution in [3.05, 3.63) is 35.6 Å². The zero-order valence-electron chi connectivity index (χ0n) is 12.7. The number of halogens is 1. The Morgan fingerprint density at radius 3 is 2.75 bits per heavy atom. The van der Waals surface area contributed by atoms with Gasteiger partial charge in [0.15, 0.2) is 0 Å². The Morgan fingerprint density at radius 1 is 1.30 bits per heavy atom. The van der Waals surface area contributed by atoms with Crippen LogP contribution in [0.25, 0.3) is 0 Å². The standard InChI is InChI=1S/C16H26FNO2/c1-4-9-18-11-16(20-13(3)12-19-5-2)14-7-6-8-15(17)10-14/h6-8,10,13,16,18H,4-5,9,11-12H2,1-3H3. The summed E-state index contributed by atoms with van der Waals surface area (Å²) in [5.41, 5.74) is 0.858. The van der Waals surface area contributed by atoms with Gasteiger partial charge in [-0.05, 0) is 44.5 Å². The van der Waals surface area contributed by atoms with Crippen LogP contribution in [0.5, 0.6) is 0 Å². The molecule has 3 nitrogen and oxygen atoms in total. The third kappa shape index (κ3) is 6.46. The van der Waals surface area contributed by atoms with Crippen molar-refractivity contribution >= 4 is 0 Å². The van der Waals surface area contributed by atoms with Crippen LogP contribution in [-0.4, -0.2) is 32.4 Å². The lowest BCUT2D eigenvalue weighted by molar-refractivity contribution is -0.0470. The van der Waals surface area contributed by atoms with E-state index in [1.165, 1.54) is 12.1 Å². The highest BCUT2D eigenvalue weighted by Crippen LogP contribution is 2.19. The fraction of sp³-hybridized carbons (Fsp3) is 0.625. The molecule has 0 aliphatic rings. The topological polar surface area (TPSA) is 30.5 Å². The molecule has 1 N–H and O–H groups in total. The van der Waals surface area contributed by atoms with Crippen LogP contribution >= 0.6 is 0 Å². The quantitative estimate of drug-likeness (QED) is 0.668. The molecule has 0 aromatic heterocycles. The molecular weight excluding hydrogens is 257 g/mol. The second kappa shape index (κ2) is 9.86. The lowest BCUT2D eigenvalue weighted by atomic mass is 10.1. The van der Waals surface area contributed by atoms with Gasteiger partial charge in [-0.15, -0.1) is 0 Å². The summed E-state index contributed by atoms with van der Waals surface area (Å²) < 4.78 is 24.7. The third-order valence-electron chi connectivity index (χ3n) is 2.93. The summed E-state index contributed by atoms with van der Waals surface area (Å²) in [4.78, 5) is 0. The molecule has 0 aliphatic heterocycles. The lowest BCUT2D eigenvalue weighted by Crippen LogP contribution is -2.28. The van der Waals surface area contributed by atoms with E-state index in [1.807, 2.05) is 19.9 Å². The highest BCUT2D eigenvalue weighted by Gasteiger charge is 2.16. The van der Waals surface area contributed by atoms with Crippen molar-refractivity contribution in [3.63, 3.8) is 0 Å². The van der Waals surface area contributed by atoms with E-state index in [1.54, 1.807) is 6.07 Å². The second-order valence-corrected chi connectivity index (χ2v) is 4.85. The number of rotatable bonds is 10. The van der Waals surface area contributed by atoms with Crippen molar-refractivity contribution in [3.8, 4) is 0 Å². The summed E-state index contributed by atoms with van der Waals surface area (Å²) in [6.45, 7) is 8.87. The van der Waals surface area contributed by atoms with E-state index in [0.717, 1.165) is 18.5 Å². The first kappa shape index (κ1) is 17.1. The molecule has 2 unspecified atom stereocenters. The van der Waals surface area contributed by atoms with Gasteiger partial charge in [0.2, 0.25) is 0 Å². The Kier molecular flexibility index (Phi) is 8.42. The van der Waals surface area contributed by atoms with Crippen molar-refractivity contribution in [2.75, 3.05) is 26.3 Å². The predicted molar refractivity (Wildman–Crippen MR) is 79.3 cm³/mol. The molecule has 0 saturated carbocycles. The molecule has 114 valence electrons. The molecule has 0 saturated heterocycles. The predicted octanol–water partition coefficient (Wildman–Crippen LogP) is 3.31. The van der Waals surface area contributed by atoms with E-state index in [2.05, 4.69) is 12.2 Å². The Hall–Kier alpha value is -0.970. The van der Waals surface area contributed by atoms with E-state index < -0.39 is 0 Å². The van der Waals surface area contributed by atoms with Crippen LogP contribution in [0.4, 0.5) is 4.39 Å². The van der Waals surface area contributed by atoms with E-state index in [9.17, 15) is 4.39 Å². The van der Waals surface area contributed by atoms with Crippen LogP contribution in [0.1, 0.15) is 38.9 Å². The second-order valence-electron chi connectivity index (χ2n) is 4.85. The van der Waals surface area contributed by atoms with Crippen LogP contribution in [0.15, 0.2) is 24.3 Å². The minimum atomic E-state index is -0.232. The summed E-state index contributed by atoms with van der Waals surface area (Å²) in [6, 6.07) is 6.60. The van der Waals surface area contributed by atoms with Crippen molar-refractivity contribution in [1.29, 1.82) is 0 Å². The summed E-state index contributed by atoms with van der Waals surface area (Å²) >= 11 is 0. The first-order valence-corrected chi connectivity index (χ1v) is 7.36. The molecule has 0 fully saturated rings. The maximum atomic E-state index is 13.4. The van der Waals surface area contributed by atoms with Crippen LogP contribution in [0.2, 0.25) is 0 Å². The monoisotopic (exact) mass is 283 g/mol. The fourth-order valence-electron chi connectivity index (χ4n) is 1.96. The summed E-state index contributed by atoms with van der Waals surface area (Å²) in [6.07, 6.45) is 0.879. The molecule has 2 atom stereocenters. The van der Waals surface area contributed by atoms with Crippen LogP contribution in [0.3, 0.4) is 0 Å². The van der Waals surface area contributed by atoms with Gasteiger partial charge in [-0.25, -0.2) is 4.39 Å². The number of hydrogen-bond donors (Lipinski definition) is 1. The molecule has 0 heterocycles. The van der Waals surface area contributed by atoms with Crippen LogP contribution in [-0.2, 0) is 9.47 Å². The van der Waals surface area contributed by atoms with Crippen molar-refractivity contribution in [1.82, 2.24) is 5.32 Å². The third-order valence-corrected chi connectivity index (χ3v) is 2.93. The number of hydrogen-bond acceptors (Lipinski definition) is 3. The van der Waals surface area contributed by atoms with E-state index in [0.29, 0.717) is 19.8 Å². The maximum absolute atomic E-state index is 13.4.